The lowest BCUT2D eigenvalue weighted by atomic mass is 10.4. The van der Waals surface area contributed by atoms with Crippen molar-refractivity contribution in [2.24, 2.45) is 5.92 Å². The summed E-state index contributed by atoms with van der Waals surface area (Å²) in [5, 5.41) is 4.45. The van der Waals surface area contributed by atoms with E-state index < -0.39 is 6.17 Å². The van der Waals surface area contributed by atoms with Gasteiger partial charge in [0.2, 0.25) is 0 Å². The molecule has 0 bridgehead atoms. The minimum Gasteiger partial charge on any atom is -0.248 e. The molecule has 0 amide bonds. The molecule has 2 heterocycles. The molecule has 0 aromatic carbocycles. The molecule has 78 valence electrons. The fourth-order valence-corrected chi connectivity index (χ4v) is 1.71. The van der Waals surface area contributed by atoms with E-state index in [2.05, 4.69) is 15.1 Å². The monoisotopic (exact) mass is 226 g/mol. The fraction of sp³-hybridized carbons (Fsp3) is 0.444. The number of halogens is 2. The second kappa shape index (κ2) is 3.13. The summed E-state index contributed by atoms with van der Waals surface area (Å²) in [6.07, 6.45) is 3.03. The molecule has 2 aromatic rings. The van der Waals surface area contributed by atoms with Crippen LogP contribution >= 0.6 is 11.6 Å². The van der Waals surface area contributed by atoms with Crippen molar-refractivity contribution in [3.8, 4) is 0 Å². The zero-order valence-corrected chi connectivity index (χ0v) is 8.52. The summed E-state index contributed by atoms with van der Waals surface area (Å²) in [7, 11) is 0. The highest BCUT2D eigenvalue weighted by Gasteiger charge is 2.38. The van der Waals surface area contributed by atoms with Crippen molar-refractivity contribution >= 4 is 22.8 Å². The Hall–Kier alpha value is -1.23. The molecule has 2 atom stereocenters. The quantitative estimate of drug-likeness (QED) is 0.785. The highest BCUT2D eigenvalue weighted by atomic mass is 35.5. The maximum atomic E-state index is 12.7. The Morgan fingerprint density at radius 2 is 2.33 bits per heavy atom. The predicted octanol–water partition coefficient (Wildman–Crippen LogP) is 1.84. The molecule has 15 heavy (non-hydrogen) atoms. The zero-order valence-electron chi connectivity index (χ0n) is 7.77. The maximum Gasteiger partial charge on any atom is 0.178 e. The van der Waals surface area contributed by atoms with Gasteiger partial charge < -0.3 is 0 Å². The molecule has 0 spiro atoms. The van der Waals surface area contributed by atoms with Crippen LogP contribution in [0.15, 0.2) is 12.4 Å². The molecule has 1 aliphatic rings. The van der Waals surface area contributed by atoms with Gasteiger partial charge in [0.05, 0.1) is 12.4 Å². The second-order valence-electron chi connectivity index (χ2n) is 3.74. The number of hydrogen-bond donors (Lipinski definition) is 0. The van der Waals surface area contributed by atoms with Crippen LogP contribution in [0.1, 0.15) is 6.42 Å². The van der Waals surface area contributed by atoms with E-state index >= 15 is 0 Å². The number of aromatic nitrogens is 4. The molecule has 0 aliphatic heterocycles. The van der Waals surface area contributed by atoms with Gasteiger partial charge in [-0.05, 0) is 6.42 Å². The molecule has 1 fully saturated rings. The summed E-state index contributed by atoms with van der Waals surface area (Å²) in [4.78, 5) is 8.20. The van der Waals surface area contributed by atoms with Crippen molar-refractivity contribution in [1.82, 2.24) is 19.7 Å². The molecule has 1 saturated carbocycles. The van der Waals surface area contributed by atoms with Gasteiger partial charge in [0, 0.05) is 12.5 Å². The molecule has 1 aliphatic carbocycles. The topological polar surface area (TPSA) is 43.6 Å². The van der Waals surface area contributed by atoms with Gasteiger partial charge in [-0.2, -0.15) is 5.10 Å². The van der Waals surface area contributed by atoms with Gasteiger partial charge >= 0.3 is 0 Å². The van der Waals surface area contributed by atoms with Crippen LogP contribution in [0.25, 0.3) is 11.2 Å². The minimum absolute atomic E-state index is 0.0777. The van der Waals surface area contributed by atoms with Crippen LogP contribution < -0.4 is 0 Å². The van der Waals surface area contributed by atoms with Crippen LogP contribution in [-0.2, 0) is 6.54 Å². The minimum atomic E-state index is -0.684. The van der Waals surface area contributed by atoms with Gasteiger partial charge in [0.15, 0.2) is 5.65 Å². The van der Waals surface area contributed by atoms with Gasteiger partial charge in [-0.15, -0.1) is 0 Å². The van der Waals surface area contributed by atoms with Gasteiger partial charge in [-0.3, -0.25) is 0 Å². The first-order valence-corrected chi connectivity index (χ1v) is 5.10. The molecule has 0 unspecified atom stereocenters. The van der Waals surface area contributed by atoms with E-state index in [1.807, 2.05) is 0 Å². The highest BCUT2D eigenvalue weighted by molar-refractivity contribution is 6.29. The van der Waals surface area contributed by atoms with Crippen molar-refractivity contribution in [2.45, 2.75) is 19.1 Å². The van der Waals surface area contributed by atoms with E-state index in [4.69, 9.17) is 11.6 Å². The third-order valence-corrected chi connectivity index (χ3v) is 2.74. The normalized spacial score (nSPS) is 24.7. The van der Waals surface area contributed by atoms with Crippen LogP contribution in [0.5, 0.6) is 0 Å². The molecule has 6 heteroatoms. The Kier molecular flexibility index (Phi) is 1.88. The van der Waals surface area contributed by atoms with Crippen LogP contribution in [0, 0.1) is 5.92 Å². The van der Waals surface area contributed by atoms with Crippen molar-refractivity contribution < 1.29 is 4.39 Å². The van der Waals surface area contributed by atoms with E-state index in [1.54, 1.807) is 10.9 Å². The van der Waals surface area contributed by atoms with Crippen molar-refractivity contribution in [3.63, 3.8) is 0 Å². The maximum absolute atomic E-state index is 12.7. The van der Waals surface area contributed by atoms with Crippen LogP contribution in [0.3, 0.4) is 0 Å². The average Bonchev–Trinajstić information content (AvgIpc) is 2.74. The van der Waals surface area contributed by atoms with Crippen LogP contribution in [-0.4, -0.2) is 25.9 Å². The van der Waals surface area contributed by atoms with Crippen molar-refractivity contribution in [3.05, 3.63) is 17.5 Å². The summed E-state index contributed by atoms with van der Waals surface area (Å²) in [5.74, 6) is 0.0777. The van der Waals surface area contributed by atoms with E-state index in [1.165, 1.54) is 6.20 Å². The molecule has 0 radical (unpaired) electrons. The Morgan fingerprint density at radius 3 is 3.07 bits per heavy atom. The molecule has 0 saturated heterocycles. The van der Waals surface area contributed by atoms with Gasteiger partial charge in [0.25, 0.3) is 0 Å². The Balaban J connectivity index is 1.99. The molecular weight excluding hydrogens is 219 g/mol. The van der Waals surface area contributed by atoms with E-state index in [9.17, 15) is 4.39 Å². The van der Waals surface area contributed by atoms with Crippen molar-refractivity contribution in [1.29, 1.82) is 0 Å². The number of rotatable bonds is 2. The lowest BCUT2D eigenvalue weighted by molar-refractivity contribution is 0.419. The summed E-state index contributed by atoms with van der Waals surface area (Å²) in [6.45, 7) is 0.555. The van der Waals surface area contributed by atoms with E-state index in [-0.39, 0.29) is 5.92 Å². The summed E-state index contributed by atoms with van der Waals surface area (Å²) >= 11 is 5.74. The summed E-state index contributed by atoms with van der Waals surface area (Å²) in [6, 6.07) is 0. The Labute approximate surface area is 90.1 Å². The Morgan fingerprint density at radius 1 is 1.53 bits per heavy atom. The molecule has 3 rings (SSSR count). The van der Waals surface area contributed by atoms with E-state index in [0.29, 0.717) is 29.3 Å². The molecule has 0 N–H and O–H groups in total. The van der Waals surface area contributed by atoms with Crippen LogP contribution in [0.2, 0.25) is 5.15 Å². The zero-order chi connectivity index (χ0) is 10.4. The van der Waals surface area contributed by atoms with E-state index in [0.717, 1.165) is 0 Å². The fourth-order valence-electron chi connectivity index (χ4n) is 1.58. The number of hydrogen-bond acceptors (Lipinski definition) is 3. The molecular formula is C9H8ClFN4. The molecule has 4 nitrogen and oxygen atoms in total. The number of alkyl halides is 1. The van der Waals surface area contributed by atoms with Gasteiger partial charge in [-0.1, -0.05) is 11.6 Å². The van der Waals surface area contributed by atoms with Crippen LogP contribution in [0.4, 0.5) is 4.39 Å². The van der Waals surface area contributed by atoms with Gasteiger partial charge in [0.1, 0.15) is 16.8 Å². The third-order valence-electron chi connectivity index (χ3n) is 2.56. The molecule has 2 aromatic heterocycles. The summed E-state index contributed by atoms with van der Waals surface area (Å²) < 4.78 is 14.4. The highest BCUT2D eigenvalue weighted by Crippen LogP contribution is 2.35. The summed E-state index contributed by atoms with van der Waals surface area (Å²) in [5.41, 5.74) is 1.32. The second-order valence-corrected chi connectivity index (χ2v) is 4.13. The Bertz CT molecular complexity index is 512. The predicted molar refractivity (Wildman–Crippen MR) is 53.3 cm³/mol. The first-order valence-electron chi connectivity index (χ1n) is 4.72. The largest absolute Gasteiger partial charge is 0.248 e. The third kappa shape index (κ3) is 1.56. The first kappa shape index (κ1) is 9.03. The SMILES string of the molecule is F[C@@H]1C[C@H]1Cn1ncc2ncc(Cl)nc21. The number of nitrogens with zero attached hydrogens (tertiary/aromatic N) is 4. The van der Waals surface area contributed by atoms with Crippen molar-refractivity contribution in [2.75, 3.05) is 0 Å². The smallest absolute Gasteiger partial charge is 0.178 e. The van der Waals surface area contributed by atoms with Gasteiger partial charge in [-0.25, -0.2) is 19.0 Å². The average molecular weight is 227 g/mol. The number of fused-ring (bicyclic) bond motifs is 1. The first-order chi connectivity index (χ1) is 7.24. The lowest BCUT2D eigenvalue weighted by Crippen LogP contribution is -2.04. The standard InChI is InChI=1S/C9H8ClFN4/c10-8-3-12-7-2-13-15(9(7)14-8)4-5-1-6(5)11/h2-3,5-6H,1,4H2/t5-,6+/m0/s1. The lowest BCUT2D eigenvalue weighted by Gasteiger charge is -1.99.